The molecular weight excluding hydrogens is 317 g/mol. The summed E-state index contributed by atoms with van der Waals surface area (Å²) in [5.41, 5.74) is 0.524. The topological polar surface area (TPSA) is 44.4 Å². The molecule has 1 aromatic carbocycles. The number of piperidine rings is 1. The Morgan fingerprint density at radius 1 is 1.39 bits per heavy atom. The predicted molar refractivity (Wildman–Crippen MR) is 91.0 cm³/mol. The first-order valence-corrected chi connectivity index (χ1v) is 8.63. The molecule has 1 amide bonds. The van der Waals surface area contributed by atoms with E-state index in [9.17, 15) is 9.18 Å². The van der Waals surface area contributed by atoms with Gasteiger partial charge in [-0.05, 0) is 31.4 Å². The van der Waals surface area contributed by atoms with Gasteiger partial charge in [0, 0.05) is 42.8 Å². The number of carbonyl (C=O) groups excluding carboxylic acids is 1. The molecule has 2 N–H and O–H groups in total. The SMILES string of the molecule is CCCNC(=O)CN1CCC(NCc2c(F)cccc2Cl)CC1. The Bertz CT molecular complexity index is 498. The molecule has 1 aromatic rings. The van der Waals surface area contributed by atoms with Crippen LogP contribution >= 0.6 is 11.6 Å². The van der Waals surface area contributed by atoms with Crippen LogP contribution in [0.2, 0.25) is 5.02 Å². The van der Waals surface area contributed by atoms with Crippen LogP contribution in [0.15, 0.2) is 18.2 Å². The van der Waals surface area contributed by atoms with Crippen molar-refractivity contribution in [3.63, 3.8) is 0 Å². The number of rotatable bonds is 7. The van der Waals surface area contributed by atoms with E-state index in [1.54, 1.807) is 12.1 Å². The Morgan fingerprint density at radius 3 is 2.78 bits per heavy atom. The van der Waals surface area contributed by atoms with Crippen molar-refractivity contribution in [3.05, 3.63) is 34.6 Å². The highest BCUT2D eigenvalue weighted by molar-refractivity contribution is 6.31. The summed E-state index contributed by atoms with van der Waals surface area (Å²) >= 11 is 6.04. The van der Waals surface area contributed by atoms with E-state index >= 15 is 0 Å². The van der Waals surface area contributed by atoms with Gasteiger partial charge < -0.3 is 10.6 Å². The second-order valence-corrected chi connectivity index (χ2v) is 6.39. The molecule has 0 atom stereocenters. The quantitative estimate of drug-likeness (QED) is 0.801. The Labute approximate surface area is 142 Å². The van der Waals surface area contributed by atoms with E-state index < -0.39 is 0 Å². The highest BCUT2D eigenvalue weighted by Crippen LogP contribution is 2.19. The third kappa shape index (κ3) is 5.75. The van der Waals surface area contributed by atoms with E-state index in [4.69, 9.17) is 11.6 Å². The van der Waals surface area contributed by atoms with Crippen LogP contribution in [0.1, 0.15) is 31.7 Å². The lowest BCUT2D eigenvalue weighted by Gasteiger charge is -2.32. The van der Waals surface area contributed by atoms with Crippen molar-refractivity contribution in [2.45, 2.75) is 38.8 Å². The maximum absolute atomic E-state index is 13.7. The van der Waals surface area contributed by atoms with Crippen molar-refractivity contribution in [2.24, 2.45) is 0 Å². The largest absolute Gasteiger partial charge is 0.355 e. The van der Waals surface area contributed by atoms with Crippen molar-refractivity contribution < 1.29 is 9.18 Å². The molecule has 23 heavy (non-hydrogen) atoms. The fourth-order valence-corrected chi connectivity index (χ4v) is 3.00. The third-order valence-corrected chi connectivity index (χ3v) is 4.51. The maximum atomic E-state index is 13.7. The number of benzene rings is 1. The summed E-state index contributed by atoms with van der Waals surface area (Å²) < 4.78 is 13.7. The summed E-state index contributed by atoms with van der Waals surface area (Å²) in [4.78, 5) is 13.9. The summed E-state index contributed by atoms with van der Waals surface area (Å²) in [6.45, 7) is 5.43. The highest BCUT2D eigenvalue weighted by atomic mass is 35.5. The van der Waals surface area contributed by atoms with E-state index in [1.807, 2.05) is 6.92 Å². The van der Waals surface area contributed by atoms with Gasteiger partial charge in [-0.1, -0.05) is 24.6 Å². The molecule has 0 spiro atoms. The fraction of sp³-hybridized carbons (Fsp3) is 0.588. The van der Waals surface area contributed by atoms with E-state index in [-0.39, 0.29) is 11.7 Å². The minimum absolute atomic E-state index is 0.0939. The number of nitrogens with zero attached hydrogens (tertiary/aromatic N) is 1. The molecule has 0 aromatic heterocycles. The molecule has 2 rings (SSSR count). The number of hydrogen-bond acceptors (Lipinski definition) is 3. The molecule has 0 unspecified atom stereocenters. The van der Waals surface area contributed by atoms with Gasteiger partial charge in [0.25, 0.3) is 0 Å². The van der Waals surface area contributed by atoms with E-state index in [1.165, 1.54) is 6.07 Å². The molecule has 4 nitrogen and oxygen atoms in total. The molecule has 0 bridgehead atoms. The second-order valence-electron chi connectivity index (χ2n) is 5.98. The van der Waals surface area contributed by atoms with Crippen molar-refractivity contribution >= 4 is 17.5 Å². The van der Waals surface area contributed by atoms with Crippen molar-refractivity contribution in [3.8, 4) is 0 Å². The van der Waals surface area contributed by atoms with Gasteiger partial charge in [-0.15, -0.1) is 0 Å². The van der Waals surface area contributed by atoms with Crippen LogP contribution < -0.4 is 10.6 Å². The minimum Gasteiger partial charge on any atom is -0.355 e. The molecule has 0 saturated carbocycles. The minimum atomic E-state index is -0.268. The number of halogens is 2. The van der Waals surface area contributed by atoms with Gasteiger partial charge >= 0.3 is 0 Å². The normalized spacial score (nSPS) is 16.5. The fourth-order valence-electron chi connectivity index (χ4n) is 2.77. The predicted octanol–water partition coefficient (Wildman–Crippen LogP) is 2.56. The lowest BCUT2D eigenvalue weighted by molar-refractivity contribution is -0.122. The van der Waals surface area contributed by atoms with Crippen LogP contribution in [-0.4, -0.2) is 43.0 Å². The van der Waals surface area contributed by atoms with E-state index in [2.05, 4.69) is 15.5 Å². The number of amides is 1. The lowest BCUT2D eigenvalue weighted by Crippen LogP contribution is -2.46. The summed E-state index contributed by atoms with van der Waals surface area (Å²) in [7, 11) is 0. The first-order chi connectivity index (χ1) is 11.1. The number of hydrogen-bond donors (Lipinski definition) is 2. The third-order valence-electron chi connectivity index (χ3n) is 4.16. The van der Waals surface area contributed by atoms with Crippen LogP contribution in [0.4, 0.5) is 4.39 Å². The summed E-state index contributed by atoms with van der Waals surface area (Å²) in [5.74, 6) is -0.175. The molecule has 1 heterocycles. The number of carbonyl (C=O) groups is 1. The first-order valence-electron chi connectivity index (χ1n) is 8.25. The smallest absolute Gasteiger partial charge is 0.234 e. The van der Waals surface area contributed by atoms with Crippen LogP contribution in [0.5, 0.6) is 0 Å². The van der Waals surface area contributed by atoms with Gasteiger partial charge in [0.2, 0.25) is 5.91 Å². The van der Waals surface area contributed by atoms with Gasteiger partial charge in [0.05, 0.1) is 6.54 Å². The van der Waals surface area contributed by atoms with Crippen molar-refractivity contribution in [1.29, 1.82) is 0 Å². The zero-order valence-electron chi connectivity index (χ0n) is 13.6. The Hall–Kier alpha value is -1.17. The Morgan fingerprint density at radius 2 is 2.13 bits per heavy atom. The van der Waals surface area contributed by atoms with Crippen molar-refractivity contribution in [1.82, 2.24) is 15.5 Å². The van der Waals surface area contributed by atoms with Gasteiger partial charge in [-0.2, -0.15) is 0 Å². The molecule has 0 aliphatic carbocycles. The average Bonchev–Trinajstić information content (AvgIpc) is 2.54. The molecular formula is C17H25ClFN3O. The summed E-state index contributed by atoms with van der Waals surface area (Å²) in [6, 6.07) is 5.09. The number of likely N-dealkylation sites (tertiary alicyclic amines) is 1. The van der Waals surface area contributed by atoms with E-state index in [0.717, 1.165) is 38.9 Å². The van der Waals surface area contributed by atoms with Crippen molar-refractivity contribution in [2.75, 3.05) is 26.2 Å². The zero-order valence-corrected chi connectivity index (χ0v) is 14.3. The summed E-state index contributed by atoms with van der Waals surface area (Å²) in [5, 5.41) is 6.73. The lowest BCUT2D eigenvalue weighted by atomic mass is 10.0. The molecule has 0 radical (unpaired) electrons. The molecule has 1 saturated heterocycles. The molecule has 128 valence electrons. The second kappa shape index (κ2) is 9.21. The maximum Gasteiger partial charge on any atom is 0.234 e. The molecule has 6 heteroatoms. The van der Waals surface area contributed by atoms with Gasteiger partial charge in [-0.25, -0.2) is 4.39 Å². The first kappa shape index (κ1) is 18.2. The number of nitrogens with one attached hydrogen (secondary N) is 2. The molecule has 1 aliphatic heterocycles. The van der Waals surface area contributed by atoms with Gasteiger partial charge in [0.15, 0.2) is 0 Å². The van der Waals surface area contributed by atoms with Crippen LogP contribution in [0, 0.1) is 5.82 Å². The monoisotopic (exact) mass is 341 g/mol. The molecule has 1 fully saturated rings. The zero-order chi connectivity index (χ0) is 16.7. The average molecular weight is 342 g/mol. The standard InChI is InChI=1S/C17H25ClFN3O/c1-2-8-20-17(23)12-22-9-6-13(7-10-22)21-11-14-15(18)4-3-5-16(14)19/h3-5,13,21H,2,6-12H2,1H3,(H,20,23). The van der Waals surface area contributed by atoms with Crippen LogP contribution in [0.25, 0.3) is 0 Å². The Kier molecular flexibility index (Phi) is 7.27. The Balaban J connectivity index is 1.72. The summed E-state index contributed by atoms with van der Waals surface area (Å²) in [6.07, 6.45) is 2.86. The van der Waals surface area contributed by atoms with E-state index in [0.29, 0.717) is 29.7 Å². The van der Waals surface area contributed by atoms with Crippen LogP contribution in [-0.2, 0) is 11.3 Å². The highest BCUT2D eigenvalue weighted by Gasteiger charge is 2.21. The van der Waals surface area contributed by atoms with Crippen LogP contribution in [0.3, 0.4) is 0 Å². The van der Waals surface area contributed by atoms with Gasteiger partial charge in [-0.3, -0.25) is 9.69 Å². The van der Waals surface area contributed by atoms with Gasteiger partial charge in [0.1, 0.15) is 5.82 Å². The molecule has 1 aliphatic rings.